The number of carbonyl (C=O) groups is 1. The minimum Gasteiger partial charge on any atom is -0.543 e. The van der Waals surface area contributed by atoms with Crippen LogP contribution in [-0.2, 0) is 11.2 Å². The van der Waals surface area contributed by atoms with Gasteiger partial charge in [-0.2, -0.15) is 0 Å². The minimum atomic E-state index is -2.00. The molecule has 1 aromatic rings. The molecule has 1 aromatic carbocycles. The van der Waals surface area contributed by atoms with Gasteiger partial charge < -0.3 is 9.16 Å². The summed E-state index contributed by atoms with van der Waals surface area (Å²) < 4.78 is 13.0. The second kappa shape index (κ2) is 7.15. The maximum absolute atomic E-state index is 12.4. The first kappa shape index (κ1) is 21.2. The third-order valence-electron chi connectivity index (χ3n) is 5.85. The number of benzene rings is 1. The zero-order chi connectivity index (χ0) is 19.9. The van der Waals surface area contributed by atoms with Crippen molar-refractivity contribution >= 4 is 30.0 Å². The standard InChI is InChI=1S/C21H31BrO3Si/c1-20(2,3)26(7,8)25-18-13-16(22)19(24-6)12-14(18)11-15-17(23)9-10-21(15,4)5/h9-10,12-13,15H,11H2,1-8H3. The Morgan fingerprint density at radius 1 is 1.19 bits per heavy atom. The molecule has 1 unspecified atom stereocenters. The van der Waals surface area contributed by atoms with Gasteiger partial charge in [0.05, 0.1) is 11.6 Å². The molecule has 0 aliphatic heterocycles. The monoisotopic (exact) mass is 438 g/mol. The predicted octanol–water partition coefficient (Wildman–Crippen LogP) is 6.17. The molecule has 1 atom stereocenters. The Morgan fingerprint density at radius 2 is 1.81 bits per heavy atom. The number of ether oxygens (including phenoxy) is 1. The fourth-order valence-electron chi connectivity index (χ4n) is 2.90. The Balaban J connectivity index is 2.45. The van der Waals surface area contributed by atoms with Gasteiger partial charge in [-0.1, -0.05) is 40.7 Å². The minimum absolute atomic E-state index is 0.0739. The number of hydrogen-bond donors (Lipinski definition) is 0. The first-order chi connectivity index (χ1) is 11.8. The summed E-state index contributed by atoms with van der Waals surface area (Å²) in [6.45, 7) is 15.4. The summed E-state index contributed by atoms with van der Waals surface area (Å²) in [6.07, 6.45) is 4.38. The molecule has 0 saturated heterocycles. The summed E-state index contributed by atoms with van der Waals surface area (Å²) in [5.41, 5.74) is 0.885. The van der Waals surface area contributed by atoms with Crippen molar-refractivity contribution in [1.82, 2.24) is 0 Å². The molecule has 0 amide bonds. The fourth-order valence-corrected chi connectivity index (χ4v) is 4.43. The summed E-state index contributed by atoms with van der Waals surface area (Å²) in [4.78, 5) is 12.4. The SMILES string of the molecule is COc1cc(CC2C(=O)C=CC2(C)C)c(O[Si](C)(C)C(C)(C)C)cc1Br. The van der Waals surface area contributed by atoms with Crippen molar-refractivity contribution in [3.05, 3.63) is 34.3 Å². The summed E-state index contributed by atoms with van der Waals surface area (Å²) in [7, 11) is -0.341. The summed E-state index contributed by atoms with van der Waals surface area (Å²) in [5, 5.41) is 0.0979. The Morgan fingerprint density at radius 3 is 2.27 bits per heavy atom. The van der Waals surface area contributed by atoms with Gasteiger partial charge in [-0.15, -0.1) is 0 Å². The molecule has 0 bridgehead atoms. The molecule has 1 aliphatic rings. The zero-order valence-electron chi connectivity index (χ0n) is 17.2. The number of carbonyl (C=O) groups excluding carboxylic acids is 1. The summed E-state index contributed by atoms with van der Waals surface area (Å²) in [5.74, 6) is 1.74. The van der Waals surface area contributed by atoms with Gasteiger partial charge in [0.15, 0.2) is 5.78 Å². The zero-order valence-corrected chi connectivity index (χ0v) is 19.8. The number of methoxy groups -OCH3 is 1. The average molecular weight is 439 g/mol. The van der Waals surface area contributed by atoms with Crippen LogP contribution in [0.15, 0.2) is 28.8 Å². The van der Waals surface area contributed by atoms with E-state index in [1.54, 1.807) is 13.2 Å². The van der Waals surface area contributed by atoms with Crippen LogP contribution in [0.25, 0.3) is 0 Å². The smallest absolute Gasteiger partial charge is 0.250 e. The van der Waals surface area contributed by atoms with Crippen LogP contribution in [0.1, 0.15) is 40.2 Å². The third-order valence-corrected chi connectivity index (χ3v) is 10.8. The lowest BCUT2D eigenvalue weighted by atomic mass is 9.78. The van der Waals surface area contributed by atoms with E-state index in [1.807, 2.05) is 18.2 Å². The highest BCUT2D eigenvalue weighted by Gasteiger charge is 2.41. The van der Waals surface area contributed by atoms with Gasteiger partial charge in [0.1, 0.15) is 11.5 Å². The fraction of sp³-hybridized carbons (Fsp3) is 0.571. The van der Waals surface area contributed by atoms with E-state index in [-0.39, 0.29) is 22.2 Å². The number of ketones is 1. The third kappa shape index (κ3) is 4.25. The van der Waals surface area contributed by atoms with Crippen molar-refractivity contribution in [3.63, 3.8) is 0 Å². The quantitative estimate of drug-likeness (QED) is 0.515. The van der Waals surface area contributed by atoms with Crippen molar-refractivity contribution in [2.24, 2.45) is 11.3 Å². The van der Waals surface area contributed by atoms with Crippen molar-refractivity contribution in [3.8, 4) is 11.5 Å². The van der Waals surface area contributed by atoms with E-state index in [1.165, 1.54) is 0 Å². The van der Waals surface area contributed by atoms with Crippen LogP contribution < -0.4 is 9.16 Å². The number of allylic oxidation sites excluding steroid dienone is 2. The maximum atomic E-state index is 12.4. The van der Waals surface area contributed by atoms with Crippen molar-refractivity contribution < 1.29 is 14.0 Å². The van der Waals surface area contributed by atoms with E-state index in [9.17, 15) is 4.79 Å². The van der Waals surface area contributed by atoms with Gasteiger partial charge in [-0.25, -0.2) is 0 Å². The molecule has 0 N–H and O–H groups in total. The van der Waals surface area contributed by atoms with Gasteiger partial charge in [0.25, 0.3) is 0 Å². The highest BCUT2D eigenvalue weighted by Crippen LogP contribution is 2.43. The normalized spacial score (nSPS) is 19.7. The van der Waals surface area contributed by atoms with E-state index in [4.69, 9.17) is 9.16 Å². The Kier molecular flexibility index (Phi) is 5.84. The first-order valence-electron chi connectivity index (χ1n) is 9.07. The highest BCUT2D eigenvalue weighted by atomic mass is 79.9. The second-order valence-corrected chi connectivity index (χ2v) is 14.8. The van der Waals surface area contributed by atoms with Gasteiger partial charge in [-0.05, 0) is 69.7 Å². The molecule has 26 heavy (non-hydrogen) atoms. The Labute approximate surface area is 167 Å². The van der Waals surface area contributed by atoms with Crippen LogP contribution in [0.2, 0.25) is 18.1 Å². The molecule has 0 aromatic heterocycles. The number of rotatable bonds is 5. The average Bonchev–Trinajstić information content (AvgIpc) is 2.74. The van der Waals surface area contributed by atoms with E-state index in [2.05, 4.69) is 63.6 Å². The molecule has 144 valence electrons. The molecule has 0 radical (unpaired) electrons. The lowest BCUT2D eigenvalue weighted by molar-refractivity contribution is -0.119. The summed E-state index contributed by atoms with van der Waals surface area (Å²) >= 11 is 3.58. The van der Waals surface area contributed by atoms with Crippen LogP contribution in [0.5, 0.6) is 11.5 Å². The Hall–Kier alpha value is -1.07. The largest absolute Gasteiger partial charge is 0.543 e. The van der Waals surface area contributed by atoms with Gasteiger partial charge >= 0.3 is 0 Å². The van der Waals surface area contributed by atoms with E-state index in [0.717, 1.165) is 21.5 Å². The topological polar surface area (TPSA) is 35.5 Å². The van der Waals surface area contributed by atoms with E-state index >= 15 is 0 Å². The van der Waals surface area contributed by atoms with E-state index in [0.29, 0.717) is 6.42 Å². The van der Waals surface area contributed by atoms with E-state index < -0.39 is 8.32 Å². The second-order valence-electron chi connectivity index (χ2n) is 9.27. The van der Waals surface area contributed by atoms with Crippen LogP contribution in [0.4, 0.5) is 0 Å². The molecule has 2 rings (SSSR count). The predicted molar refractivity (Wildman–Crippen MR) is 114 cm³/mol. The molecule has 0 spiro atoms. The molecule has 5 heteroatoms. The van der Waals surface area contributed by atoms with Gasteiger partial charge in [0.2, 0.25) is 8.32 Å². The maximum Gasteiger partial charge on any atom is 0.250 e. The molecule has 0 fully saturated rings. The van der Waals surface area contributed by atoms with Gasteiger partial charge in [-0.3, -0.25) is 4.79 Å². The first-order valence-corrected chi connectivity index (χ1v) is 12.8. The molecular formula is C21H31BrO3Si. The van der Waals surface area contributed by atoms with Crippen molar-refractivity contribution in [2.75, 3.05) is 7.11 Å². The molecular weight excluding hydrogens is 408 g/mol. The molecule has 1 aliphatic carbocycles. The summed E-state index contributed by atoms with van der Waals surface area (Å²) in [6, 6.07) is 4.00. The van der Waals surface area contributed by atoms with Crippen molar-refractivity contribution in [1.29, 1.82) is 0 Å². The lowest BCUT2D eigenvalue weighted by Crippen LogP contribution is -2.44. The number of hydrogen-bond acceptors (Lipinski definition) is 3. The molecule has 0 saturated carbocycles. The van der Waals surface area contributed by atoms with Crippen LogP contribution >= 0.6 is 15.9 Å². The Bertz CT molecular complexity index is 730. The van der Waals surface area contributed by atoms with Crippen LogP contribution in [0, 0.1) is 11.3 Å². The lowest BCUT2D eigenvalue weighted by Gasteiger charge is -2.37. The van der Waals surface area contributed by atoms with Crippen LogP contribution in [0.3, 0.4) is 0 Å². The van der Waals surface area contributed by atoms with Crippen molar-refractivity contribution in [2.45, 2.75) is 59.2 Å². The van der Waals surface area contributed by atoms with Crippen LogP contribution in [-0.4, -0.2) is 21.2 Å². The molecule has 3 nitrogen and oxygen atoms in total. The number of halogens is 1. The van der Waals surface area contributed by atoms with Gasteiger partial charge in [0, 0.05) is 5.92 Å². The highest BCUT2D eigenvalue weighted by molar-refractivity contribution is 9.10. The molecule has 0 heterocycles.